The number of carbonyl (C=O) groups excluding carboxylic acids is 2. The van der Waals surface area contributed by atoms with Gasteiger partial charge in [-0.25, -0.2) is 9.59 Å². The molecule has 30 heavy (non-hydrogen) atoms. The van der Waals surface area contributed by atoms with Gasteiger partial charge in [0.2, 0.25) is 0 Å². The molecule has 0 bridgehead atoms. The molecule has 168 valence electrons. The molecule has 1 fully saturated rings. The molecule has 2 N–H and O–H groups in total. The number of ether oxygens (including phenoxy) is 2. The van der Waals surface area contributed by atoms with Gasteiger partial charge in [-0.2, -0.15) is 13.2 Å². The Morgan fingerprint density at radius 2 is 1.83 bits per heavy atom. The van der Waals surface area contributed by atoms with Crippen LogP contribution in [-0.4, -0.2) is 36.9 Å². The van der Waals surface area contributed by atoms with Crippen molar-refractivity contribution in [3.8, 4) is 0 Å². The number of rotatable bonds is 5. The average molecular weight is 430 g/mol. The predicted octanol–water partition coefficient (Wildman–Crippen LogP) is 4.99. The minimum Gasteiger partial charge on any atom is -0.465 e. The van der Waals surface area contributed by atoms with Gasteiger partial charge in [0.15, 0.2) is 0 Å². The highest BCUT2D eigenvalue weighted by Gasteiger charge is 2.36. The summed E-state index contributed by atoms with van der Waals surface area (Å²) in [6, 6.07) is 2.74. The molecule has 0 aliphatic heterocycles. The van der Waals surface area contributed by atoms with E-state index in [1.165, 1.54) is 7.11 Å². The molecule has 0 heterocycles. The van der Waals surface area contributed by atoms with Crippen molar-refractivity contribution < 1.29 is 32.2 Å². The Bertz CT molecular complexity index is 774. The number of amides is 1. The smallest absolute Gasteiger partial charge is 0.418 e. The second-order valence-electron chi connectivity index (χ2n) is 8.60. The molecular formula is C21H29F3N2O4. The summed E-state index contributed by atoms with van der Waals surface area (Å²) in [5, 5.41) is 5.74. The van der Waals surface area contributed by atoms with Crippen molar-refractivity contribution in [3.63, 3.8) is 0 Å². The number of hydrogen-bond acceptors (Lipinski definition) is 5. The maximum Gasteiger partial charge on any atom is 0.418 e. The fourth-order valence-electron chi connectivity index (χ4n) is 3.59. The van der Waals surface area contributed by atoms with Gasteiger partial charge in [-0.3, -0.25) is 0 Å². The Hall–Kier alpha value is -2.45. The lowest BCUT2D eigenvalue weighted by atomic mass is 9.98. The van der Waals surface area contributed by atoms with Crippen molar-refractivity contribution in [2.75, 3.05) is 12.4 Å². The van der Waals surface area contributed by atoms with Crippen LogP contribution in [0.4, 0.5) is 23.7 Å². The third-order valence-corrected chi connectivity index (χ3v) is 5.03. The Morgan fingerprint density at radius 3 is 2.40 bits per heavy atom. The summed E-state index contributed by atoms with van der Waals surface area (Å²) in [6.07, 6.45) is -2.99. The molecule has 6 nitrogen and oxygen atoms in total. The molecule has 1 aromatic rings. The van der Waals surface area contributed by atoms with Gasteiger partial charge in [-0.1, -0.05) is 0 Å². The van der Waals surface area contributed by atoms with Gasteiger partial charge in [0.05, 0.1) is 18.2 Å². The van der Waals surface area contributed by atoms with E-state index in [0.29, 0.717) is 12.8 Å². The standard InChI is InChI=1S/C21H29F3N2O4/c1-12(13-6-8-15(10-13)26-19(28)30-20(2,3)4)25-17-11-14(18(27)29-5)7-9-16(17)21(22,23)24/h7,9,11-13,15,25H,6,8,10H2,1-5H3,(H,26,28)/t12-,13+,15-/m0/s1. The number of anilines is 1. The van der Waals surface area contributed by atoms with Gasteiger partial charge in [0, 0.05) is 17.8 Å². The molecule has 2 rings (SSSR count). The normalized spacial score (nSPS) is 20.4. The van der Waals surface area contributed by atoms with E-state index in [1.54, 1.807) is 27.7 Å². The molecule has 1 aliphatic rings. The van der Waals surface area contributed by atoms with Crippen LogP contribution in [0.2, 0.25) is 0 Å². The first-order chi connectivity index (χ1) is 13.8. The quantitative estimate of drug-likeness (QED) is 0.644. The van der Waals surface area contributed by atoms with Gasteiger partial charge in [0.25, 0.3) is 0 Å². The molecule has 1 aromatic carbocycles. The van der Waals surface area contributed by atoms with E-state index in [2.05, 4.69) is 15.4 Å². The van der Waals surface area contributed by atoms with E-state index in [9.17, 15) is 22.8 Å². The maximum absolute atomic E-state index is 13.4. The first-order valence-corrected chi connectivity index (χ1v) is 9.85. The molecule has 0 saturated heterocycles. The number of alkyl carbamates (subject to hydrolysis) is 1. The number of methoxy groups -OCH3 is 1. The fraction of sp³-hybridized carbons (Fsp3) is 0.619. The third kappa shape index (κ3) is 6.53. The first kappa shape index (κ1) is 23.8. The summed E-state index contributed by atoms with van der Waals surface area (Å²) in [4.78, 5) is 23.7. The van der Waals surface area contributed by atoms with Crippen LogP contribution in [0, 0.1) is 5.92 Å². The van der Waals surface area contributed by atoms with Crippen LogP contribution in [0.25, 0.3) is 0 Å². The zero-order chi connectivity index (χ0) is 22.7. The largest absolute Gasteiger partial charge is 0.465 e. The molecule has 9 heteroatoms. The number of alkyl halides is 3. The van der Waals surface area contributed by atoms with Crippen molar-refractivity contribution in [2.45, 2.75) is 70.8 Å². The first-order valence-electron chi connectivity index (χ1n) is 9.85. The minimum atomic E-state index is -4.56. The average Bonchev–Trinajstić information content (AvgIpc) is 3.06. The van der Waals surface area contributed by atoms with Crippen LogP contribution in [0.3, 0.4) is 0 Å². The van der Waals surface area contributed by atoms with Crippen LogP contribution in [0.15, 0.2) is 18.2 Å². The van der Waals surface area contributed by atoms with E-state index in [1.807, 2.05) is 0 Å². The van der Waals surface area contributed by atoms with Crippen molar-refractivity contribution in [3.05, 3.63) is 29.3 Å². The van der Waals surface area contributed by atoms with Crippen LogP contribution < -0.4 is 10.6 Å². The number of carbonyl (C=O) groups is 2. The molecule has 3 atom stereocenters. The minimum absolute atomic E-state index is 0.0380. The molecule has 1 saturated carbocycles. The van der Waals surface area contributed by atoms with Gasteiger partial charge < -0.3 is 20.1 Å². The number of benzene rings is 1. The Kier molecular flexibility index (Phi) is 7.26. The fourth-order valence-corrected chi connectivity index (χ4v) is 3.59. The molecule has 0 radical (unpaired) electrons. The van der Waals surface area contributed by atoms with E-state index in [-0.39, 0.29) is 29.3 Å². The van der Waals surface area contributed by atoms with Crippen LogP contribution in [0.5, 0.6) is 0 Å². The second kappa shape index (κ2) is 9.14. The Balaban J connectivity index is 2.07. The SMILES string of the molecule is COC(=O)c1ccc(C(F)(F)F)c(N[C@@H](C)[C@@H]2CC[C@H](NC(=O)OC(C)(C)C)C2)c1. The van der Waals surface area contributed by atoms with E-state index in [4.69, 9.17) is 4.74 Å². The number of esters is 1. The molecule has 0 unspecified atom stereocenters. The topological polar surface area (TPSA) is 76.7 Å². The van der Waals surface area contributed by atoms with E-state index in [0.717, 1.165) is 24.6 Å². The summed E-state index contributed by atoms with van der Waals surface area (Å²) in [5.41, 5.74) is -1.57. The van der Waals surface area contributed by atoms with Crippen LogP contribution in [-0.2, 0) is 15.7 Å². The number of nitrogens with one attached hydrogen (secondary N) is 2. The number of hydrogen-bond donors (Lipinski definition) is 2. The summed E-state index contributed by atoms with van der Waals surface area (Å²) < 4.78 is 50.1. The highest BCUT2D eigenvalue weighted by molar-refractivity contribution is 5.90. The molecule has 1 aliphatic carbocycles. The predicted molar refractivity (Wildman–Crippen MR) is 106 cm³/mol. The number of halogens is 3. The zero-order valence-electron chi connectivity index (χ0n) is 17.9. The lowest BCUT2D eigenvalue weighted by molar-refractivity contribution is -0.137. The monoisotopic (exact) mass is 430 g/mol. The van der Waals surface area contributed by atoms with Crippen molar-refractivity contribution in [2.24, 2.45) is 5.92 Å². The lowest BCUT2D eigenvalue weighted by Gasteiger charge is -2.25. The van der Waals surface area contributed by atoms with E-state index >= 15 is 0 Å². The third-order valence-electron chi connectivity index (χ3n) is 5.03. The van der Waals surface area contributed by atoms with Gasteiger partial charge >= 0.3 is 18.2 Å². The highest BCUT2D eigenvalue weighted by Crippen LogP contribution is 2.37. The van der Waals surface area contributed by atoms with Gasteiger partial charge in [-0.15, -0.1) is 0 Å². The molecule has 0 aromatic heterocycles. The molecule has 1 amide bonds. The highest BCUT2D eigenvalue weighted by atomic mass is 19.4. The molecular weight excluding hydrogens is 401 g/mol. The van der Waals surface area contributed by atoms with Crippen LogP contribution in [0.1, 0.15) is 62.9 Å². The molecule has 0 spiro atoms. The summed E-state index contributed by atoms with van der Waals surface area (Å²) in [7, 11) is 1.17. The van der Waals surface area contributed by atoms with Crippen LogP contribution >= 0.6 is 0 Å². The lowest BCUT2D eigenvalue weighted by Crippen LogP contribution is -2.38. The summed E-state index contributed by atoms with van der Waals surface area (Å²) in [5.74, 6) is -0.658. The van der Waals surface area contributed by atoms with Gasteiger partial charge in [-0.05, 0) is 71.1 Å². The van der Waals surface area contributed by atoms with E-state index < -0.39 is 29.4 Å². The summed E-state index contributed by atoms with van der Waals surface area (Å²) in [6.45, 7) is 7.12. The zero-order valence-corrected chi connectivity index (χ0v) is 17.9. The summed E-state index contributed by atoms with van der Waals surface area (Å²) >= 11 is 0. The second-order valence-corrected chi connectivity index (χ2v) is 8.60. The van der Waals surface area contributed by atoms with Crippen molar-refractivity contribution in [1.82, 2.24) is 5.32 Å². The van der Waals surface area contributed by atoms with Crippen molar-refractivity contribution >= 4 is 17.7 Å². The van der Waals surface area contributed by atoms with Crippen molar-refractivity contribution in [1.29, 1.82) is 0 Å². The maximum atomic E-state index is 13.4. The Labute approximate surface area is 174 Å². The van der Waals surface area contributed by atoms with Gasteiger partial charge in [0.1, 0.15) is 5.60 Å². The Morgan fingerprint density at radius 1 is 1.17 bits per heavy atom.